The largest absolute Gasteiger partial charge is 0.475 e. The Morgan fingerprint density at radius 1 is 1.44 bits per heavy atom. The molecule has 0 unspecified atom stereocenters. The third kappa shape index (κ3) is 4.79. The van der Waals surface area contributed by atoms with Crippen molar-refractivity contribution in [3.63, 3.8) is 0 Å². The van der Waals surface area contributed by atoms with Gasteiger partial charge in [-0.15, -0.1) is 0 Å². The summed E-state index contributed by atoms with van der Waals surface area (Å²) >= 11 is 0. The van der Waals surface area contributed by atoms with Crippen molar-refractivity contribution < 1.29 is 27.5 Å². The Morgan fingerprint density at radius 2 is 2.11 bits per heavy atom. The first kappa shape index (κ1) is 14.6. The molecule has 0 fully saturated rings. The van der Waals surface area contributed by atoms with Crippen LogP contribution >= 0.6 is 0 Å². The van der Waals surface area contributed by atoms with Gasteiger partial charge in [0, 0.05) is 0 Å². The lowest BCUT2D eigenvalue weighted by Crippen LogP contribution is -2.34. The number of nitrogens with zero attached hydrogens (tertiary/aromatic N) is 1. The molecule has 0 radical (unpaired) electrons. The van der Waals surface area contributed by atoms with Gasteiger partial charge in [-0.25, -0.2) is 4.79 Å². The number of carboxylic acids is 1. The molecule has 0 saturated carbocycles. The highest BCUT2D eigenvalue weighted by molar-refractivity contribution is 5.84. The van der Waals surface area contributed by atoms with Crippen molar-refractivity contribution in [1.82, 2.24) is 4.90 Å². The molecule has 1 N–H and O–H groups in total. The van der Waals surface area contributed by atoms with Gasteiger partial charge in [0.2, 0.25) is 5.76 Å². The average molecular weight is 265 g/mol. The number of alkyl halides is 3. The van der Waals surface area contributed by atoms with Crippen LogP contribution in [0.4, 0.5) is 13.2 Å². The lowest BCUT2D eigenvalue weighted by molar-refractivity contribution is -0.147. The third-order valence-electron chi connectivity index (χ3n) is 2.19. The molecule has 1 aromatic rings. The Hall–Kier alpha value is -1.50. The second-order valence-corrected chi connectivity index (χ2v) is 3.90. The maximum Gasteiger partial charge on any atom is 0.401 e. The van der Waals surface area contributed by atoms with E-state index in [1.807, 2.05) is 0 Å². The lowest BCUT2D eigenvalue weighted by atomic mass is 10.3. The zero-order chi connectivity index (χ0) is 13.8. The molecule has 18 heavy (non-hydrogen) atoms. The summed E-state index contributed by atoms with van der Waals surface area (Å²) in [6.45, 7) is 0.946. The molecule has 0 amide bonds. The Bertz CT molecular complexity index is 400. The Labute approximate surface area is 102 Å². The number of carboxylic acid groups (broad SMARTS) is 1. The number of hydrogen-bond acceptors (Lipinski definition) is 3. The van der Waals surface area contributed by atoms with Crippen LogP contribution in [0.2, 0.25) is 0 Å². The summed E-state index contributed by atoms with van der Waals surface area (Å²) in [5.74, 6) is -1.29. The molecule has 0 atom stereocenters. The van der Waals surface area contributed by atoms with Gasteiger partial charge in [0.25, 0.3) is 0 Å². The van der Waals surface area contributed by atoms with E-state index in [1.165, 1.54) is 17.0 Å². The monoisotopic (exact) mass is 265 g/mol. The van der Waals surface area contributed by atoms with E-state index in [0.29, 0.717) is 6.42 Å². The molecule has 0 bridgehead atoms. The van der Waals surface area contributed by atoms with E-state index in [9.17, 15) is 18.0 Å². The van der Waals surface area contributed by atoms with Gasteiger partial charge in [-0.2, -0.15) is 13.2 Å². The fourth-order valence-corrected chi connectivity index (χ4v) is 1.58. The van der Waals surface area contributed by atoms with Crippen molar-refractivity contribution in [2.75, 3.05) is 13.1 Å². The molecule has 4 nitrogen and oxygen atoms in total. The summed E-state index contributed by atoms with van der Waals surface area (Å²) in [5.41, 5.74) is 0. The molecule has 0 aliphatic heterocycles. The van der Waals surface area contributed by atoms with Crippen molar-refractivity contribution in [3.05, 3.63) is 23.7 Å². The molecule has 0 aliphatic rings. The maximum atomic E-state index is 12.3. The van der Waals surface area contributed by atoms with Gasteiger partial charge in [0.05, 0.1) is 13.1 Å². The van der Waals surface area contributed by atoms with Crippen LogP contribution in [0.1, 0.15) is 29.7 Å². The van der Waals surface area contributed by atoms with E-state index in [0.717, 1.165) is 0 Å². The molecular weight excluding hydrogens is 251 g/mol. The number of halogens is 3. The first-order chi connectivity index (χ1) is 8.31. The zero-order valence-corrected chi connectivity index (χ0v) is 9.83. The number of hydrogen-bond donors (Lipinski definition) is 1. The van der Waals surface area contributed by atoms with E-state index in [-0.39, 0.29) is 24.6 Å². The van der Waals surface area contributed by atoms with Gasteiger partial charge in [0.1, 0.15) is 5.76 Å². The molecule has 0 spiro atoms. The number of aromatic carboxylic acids is 1. The van der Waals surface area contributed by atoms with Crippen LogP contribution in [0.5, 0.6) is 0 Å². The van der Waals surface area contributed by atoms with Crippen molar-refractivity contribution in [2.24, 2.45) is 0 Å². The minimum absolute atomic E-state index is 0.0549. The normalized spacial score (nSPS) is 12.1. The van der Waals surface area contributed by atoms with Crippen molar-refractivity contribution >= 4 is 5.97 Å². The second kappa shape index (κ2) is 5.90. The number of furan rings is 1. The van der Waals surface area contributed by atoms with E-state index >= 15 is 0 Å². The standard InChI is InChI=1S/C11H14F3NO3/c1-2-5-15(7-11(12,13)14)6-8-3-4-9(18-8)10(16)17/h3-4H,2,5-7H2,1H3,(H,16,17). The van der Waals surface area contributed by atoms with Crippen LogP contribution in [-0.4, -0.2) is 35.2 Å². The Morgan fingerprint density at radius 3 is 2.56 bits per heavy atom. The summed E-state index contributed by atoms with van der Waals surface area (Å²) in [5, 5.41) is 8.63. The van der Waals surface area contributed by atoms with Gasteiger partial charge in [-0.05, 0) is 25.1 Å². The van der Waals surface area contributed by atoms with Crippen molar-refractivity contribution in [1.29, 1.82) is 0 Å². The Balaban J connectivity index is 2.67. The highest BCUT2D eigenvalue weighted by Crippen LogP contribution is 2.19. The van der Waals surface area contributed by atoms with E-state index in [1.54, 1.807) is 6.92 Å². The van der Waals surface area contributed by atoms with Gasteiger partial charge >= 0.3 is 12.1 Å². The zero-order valence-electron chi connectivity index (χ0n) is 9.83. The van der Waals surface area contributed by atoms with Crippen LogP contribution in [-0.2, 0) is 6.54 Å². The van der Waals surface area contributed by atoms with E-state index in [2.05, 4.69) is 0 Å². The summed E-state index contributed by atoms with van der Waals surface area (Å²) in [4.78, 5) is 11.7. The quantitative estimate of drug-likeness (QED) is 0.859. The smallest absolute Gasteiger partial charge is 0.401 e. The SMILES string of the molecule is CCCN(Cc1ccc(C(=O)O)o1)CC(F)(F)F. The molecule has 0 aliphatic carbocycles. The van der Waals surface area contributed by atoms with Crippen LogP contribution < -0.4 is 0 Å². The molecule has 102 valence electrons. The van der Waals surface area contributed by atoms with Crippen LogP contribution in [0.15, 0.2) is 16.5 Å². The fraction of sp³-hybridized carbons (Fsp3) is 0.545. The number of carbonyl (C=O) groups is 1. The van der Waals surface area contributed by atoms with E-state index in [4.69, 9.17) is 9.52 Å². The third-order valence-corrected chi connectivity index (χ3v) is 2.19. The summed E-state index contributed by atoms with van der Waals surface area (Å²) in [6, 6.07) is 2.61. The van der Waals surface area contributed by atoms with Crippen LogP contribution in [0, 0.1) is 0 Å². The van der Waals surface area contributed by atoms with Crippen LogP contribution in [0.3, 0.4) is 0 Å². The fourth-order valence-electron chi connectivity index (χ4n) is 1.58. The first-order valence-corrected chi connectivity index (χ1v) is 5.43. The molecule has 1 aromatic heterocycles. The van der Waals surface area contributed by atoms with Crippen molar-refractivity contribution in [3.8, 4) is 0 Å². The minimum Gasteiger partial charge on any atom is -0.475 e. The Kier molecular flexibility index (Phi) is 4.77. The van der Waals surface area contributed by atoms with Gasteiger partial charge < -0.3 is 9.52 Å². The molecular formula is C11H14F3NO3. The summed E-state index contributed by atoms with van der Waals surface area (Å²) in [6.07, 6.45) is -3.71. The predicted octanol–water partition coefficient (Wildman–Crippen LogP) is 2.75. The molecule has 1 heterocycles. The second-order valence-electron chi connectivity index (χ2n) is 3.90. The van der Waals surface area contributed by atoms with Gasteiger partial charge in [-0.1, -0.05) is 6.92 Å². The highest BCUT2D eigenvalue weighted by Gasteiger charge is 2.30. The topological polar surface area (TPSA) is 53.7 Å². The summed E-state index contributed by atoms with van der Waals surface area (Å²) in [7, 11) is 0. The van der Waals surface area contributed by atoms with Crippen LogP contribution in [0.25, 0.3) is 0 Å². The molecule has 0 saturated heterocycles. The first-order valence-electron chi connectivity index (χ1n) is 5.43. The lowest BCUT2D eigenvalue weighted by Gasteiger charge is -2.21. The number of rotatable bonds is 6. The average Bonchev–Trinajstić information content (AvgIpc) is 2.64. The van der Waals surface area contributed by atoms with E-state index < -0.39 is 18.7 Å². The predicted molar refractivity (Wildman–Crippen MR) is 57.3 cm³/mol. The molecule has 7 heteroatoms. The van der Waals surface area contributed by atoms with Gasteiger partial charge in [-0.3, -0.25) is 4.90 Å². The van der Waals surface area contributed by atoms with Crippen molar-refractivity contribution in [2.45, 2.75) is 26.1 Å². The minimum atomic E-state index is -4.28. The maximum absolute atomic E-state index is 12.3. The highest BCUT2D eigenvalue weighted by atomic mass is 19.4. The van der Waals surface area contributed by atoms with Gasteiger partial charge in [0.15, 0.2) is 0 Å². The summed E-state index contributed by atoms with van der Waals surface area (Å²) < 4.78 is 41.8. The molecule has 0 aromatic carbocycles. The molecule has 1 rings (SSSR count).